The van der Waals surface area contributed by atoms with Crippen molar-refractivity contribution in [2.45, 2.75) is 72.9 Å². The summed E-state index contributed by atoms with van der Waals surface area (Å²) in [6, 6.07) is 0.293. The van der Waals surface area contributed by atoms with Crippen molar-refractivity contribution in [2.75, 3.05) is 10.2 Å². The molecule has 1 aliphatic rings. The lowest BCUT2D eigenvalue weighted by Crippen LogP contribution is -2.39. The van der Waals surface area contributed by atoms with E-state index < -0.39 is 5.78 Å². The number of hydrogen-bond acceptors (Lipinski definition) is 9. The fraction of sp³-hybridized carbons (Fsp3) is 0.458. The van der Waals surface area contributed by atoms with E-state index in [0.717, 1.165) is 11.4 Å². The van der Waals surface area contributed by atoms with Gasteiger partial charge in [-0.05, 0) is 57.8 Å². The number of nitrogens with zero attached hydrogens (tertiary/aromatic N) is 5. The highest BCUT2D eigenvalue weighted by molar-refractivity contribution is 6.37. The molecule has 0 unspecified atom stereocenters. The van der Waals surface area contributed by atoms with Gasteiger partial charge in [0, 0.05) is 54.9 Å². The van der Waals surface area contributed by atoms with Crippen LogP contribution in [0.15, 0.2) is 24.2 Å². The summed E-state index contributed by atoms with van der Waals surface area (Å²) in [5, 5.41) is 3.39. The second kappa shape index (κ2) is 12.7. The molecule has 0 fully saturated rings. The molecule has 2 aromatic heterocycles. The van der Waals surface area contributed by atoms with Crippen molar-refractivity contribution < 1.29 is 14.4 Å². The molecule has 2 aromatic rings. The van der Waals surface area contributed by atoms with E-state index in [1.165, 1.54) is 6.20 Å². The number of carbonyl (C=O) groups excluding carboxylic acids is 3. The van der Waals surface area contributed by atoms with Crippen LogP contribution in [0, 0.1) is 0 Å². The van der Waals surface area contributed by atoms with Gasteiger partial charge in [0.1, 0.15) is 11.6 Å². The highest BCUT2D eigenvalue weighted by Crippen LogP contribution is 2.31. The molecule has 3 rings (SSSR count). The molecule has 1 aliphatic heterocycles. The van der Waals surface area contributed by atoms with Gasteiger partial charge in [0.15, 0.2) is 11.6 Å². The molecule has 0 bridgehead atoms. The minimum absolute atomic E-state index is 0.00110. The molecule has 0 aliphatic carbocycles. The van der Waals surface area contributed by atoms with Crippen molar-refractivity contribution in [2.24, 2.45) is 0 Å². The van der Waals surface area contributed by atoms with Crippen LogP contribution in [0.3, 0.4) is 0 Å². The van der Waals surface area contributed by atoms with Gasteiger partial charge in [-0.3, -0.25) is 14.4 Å². The molecule has 0 atom stereocenters. The van der Waals surface area contributed by atoms with E-state index >= 15 is 0 Å². The first-order valence-corrected chi connectivity index (χ1v) is 12.1. The molecule has 0 saturated carbocycles. The SMILES string of the molecule is CC=C1C(=O)Cc2cnc(Cl)nc2N1C(C)C.CCC(=O)C(=O)Cc1cnc(Cl)nc1NC(C)C. The molecule has 0 aromatic carbocycles. The van der Waals surface area contributed by atoms with Crippen LogP contribution in [0.4, 0.5) is 11.6 Å². The summed E-state index contributed by atoms with van der Waals surface area (Å²) < 4.78 is 0. The largest absolute Gasteiger partial charge is 0.368 e. The number of rotatable bonds is 7. The summed E-state index contributed by atoms with van der Waals surface area (Å²) >= 11 is 11.5. The van der Waals surface area contributed by atoms with Crippen LogP contribution in [0.1, 0.15) is 59.1 Å². The Morgan fingerprint density at radius 2 is 1.71 bits per heavy atom. The van der Waals surface area contributed by atoms with E-state index in [9.17, 15) is 14.4 Å². The Balaban J connectivity index is 0.000000247. The number of fused-ring (bicyclic) bond motifs is 1. The number of ketones is 3. The van der Waals surface area contributed by atoms with Gasteiger partial charge in [-0.1, -0.05) is 13.0 Å². The van der Waals surface area contributed by atoms with Crippen molar-refractivity contribution in [3.8, 4) is 0 Å². The standard InChI is InChI=1S/C12H16ClN3O2.C12H14ClN3O/c1-4-9(17)10(18)5-8-6-14-12(13)16-11(8)15-7(2)3;1-4-9-10(17)5-8-6-14-12(13)15-11(8)16(9)7(2)3/h6-7H,4-5H2,1-3H3,(H,14,15,16);4,6-7H,5H2,1-3H3. The van der Waals surface area contributed by atoms with Gasteiger partial charge in [-0.15, -0.1) is 0 Å². The number of allylic oxidation sites excluding steroid dienone is 2. The van der Waals surface area contributed by atoms with E-state index in [-0.39, 0.29) is 47.1 Å². The molecule has 3 heterocycles. The number of halogens is 2. The molecule has 35 heavy (non-hydrogen) atoms. The number of Topliss-reactive ketones (excluding diaryl/α,β-unsaturated/α-hetero) is 3. The smallest absolute Gasteiger partial charge is 0.224 e. The van der Waals surface area contributed by atoms with Crippen molar-refractivity contribution in [3.05, 3.63) is 45.9 Å². The minimum atomic E-state index is -0.435. The van der Waals surface area contributed by atoms with Crippen LogP contribution in [-0.4, -0.2) is 49.4 Å². The Hall–Kier alpha value is -2.91. The average Bonchev–Trinajstić information content (AvgIpc) is 2.79. The summed E-state index contributed by atoms with van der Waals surface area (Å²) in [5.41, 5.74) is 2.10. The first kappa shape index (κ1) is 28.3. The summed E-state index contributed by atoms with van der Waals surface area (Å²) in [6.45, 7) is 11.4. The first-order chi connectivity index (χ1) is 16.5. The van der Waals surface area contributed by atoms with Crippen LogP contribution < -0.4 is 10.2 Å². The Kier molecular flexibility index (Phi) is 10.3. The van der Waals surface area contributed by atoms with Gasteiger partial charge in [0.2, 0.25) is 16.4 Å². The van der Waals surface area contributed by atoms with Crippen LogP contribution >= 0.6 is 23.2 Å². The highest BCUT2D eigenvalue weighted by Gasteiger charge is 2.30. The molecule has 188 valence electrons. The third-order valence-corrected chi connectivity index (χ3v) is 5.33. The Morgan fingerprint density at radius 1 is 1.09 bits per heavy atom. The minimum Gasteiger partial charge on any atom is -0.368 e. The maximum atomic E-state index is 12.0. The zero-order valence-corrected chi connectivity index (χ0v) is 22.2. The maximum absolute atomic E-state index is 12.0. The van der Waals surface area contributed by atoms with Crippen LogP contribution in [0.2, 0.25) is 10.6 Å². The number of aromatic nitrogens is 4. The van der Waals surface area contributed by atoms with Gasteiger partial charge < -0.3 is 10.2 Å². The number of carbonyl (C=O) groups is 3. The molecule has 1 N–H and O–H groups in total. The summed E-state index contributed by atoms with van der Waals surface area (Å²) in [6.07, 6.45) is 5.47. The van der Waals surface area contributed by atoms with Crippen molar-refractivity contribution in [1.29, 1.82) is 0 Å². The Labute approximate surface area is 215 Å². The molecule has 9 nitrogen and oxygen atoms in total. The van der Waals surface area contributed by atoms with Gasteiger partial charge in [0.25, 0.3) is 0 Å². The predicted octanol–water partition coefficient (Wildman–Crippen LogP) is 4.41. The van der Waals surface area contributed by atoms with Gasteiger partial charge >= 0.3 is 0 Å². The summed E-state index contributed by atoms with van der Waals surface area (Å²) in [4.78, 5) is 52.8. The van der Waals surface area contributed by atoms with Crippen molar-refractivity contribution in [3.63, 3.8) is 0 Å². The third-order valence-electron chi connectivity index (χ3n) is 4.97. The zero-order valence-electron chi connectivity index (χ0n) is 20.7. The van der Waals surface area contributed by atoms with E-state index in [2.05, 4.69) is 25.3 Å². The molecular formula is C24H30Cl2N6O3. The third kappa shape index (κ3) is 7.53. The number of hydrogen-bond donors (Lipinski definition) is 1. The lowest BCUT2D eigenvalue weighted by molar-refractivity contribution is -0.136. The van der Waals surface area contributed by atoms with Gasteiger partial charge in [-0.25, -0.2) is 15.0 Å². The van der Waals surface area contributed by atoms with Crippen molar-refractivity contribution in [1.82, 2.24) is 19.9 Å². The number of nitrogens with one attached hydrogen (secondary N) is 1. The van der Waals surface area contributed by atoms with E-state index in [1.54, 1.807) is 13.1 Å². The fourth-order valence-electron chi connectivity index (χ4n) is 3.43. The first-order valence-electron chi connectivity index (χ1n) is 11.3. The Morgan fingerprint density at radius 3 is 2.29 bits per heavy atom. The Bertz CT molecular complexity index is 1130. The lowest BCUT2D eigenvalue weighted by Gasteiger charge is -2.34. The number of anilines is 2. The topological polar surface area (TPSA) is 118 Å². The van der Waals surface area contributed by atoms with E-state index in [4.69, 9.17) is 23.2 Å². The van der Waals surface area contributed by atoms with Crippen LogP contribution in [0.5, 0.6) is 0 Å². The van der Waals surface area contributed by atoms with Crippen LogP contribution in [0.25, 0.3) is 0 Å². The second-order valence-corrected chi connectivity index (χ2v) is 9.09. The molecule has 0 saturated heterocycles. The molecule has 0 amide bonds. The van der Waals surface area contributed by atoms with E-state index in [1.807, 2.05) is 45.6 Å². The van der Waals surface area contributed by atoms with Gasteiger partial charge in [-0.2, -0.15) is 4.98 Å². The second-order valence-electron chi connectivity index (χ2n) is 8.41. The normalized spacial score (nSPS) is 14.1. The quantitative estimate of drug-likeness (QED) is 0.321. The average molecular weight is 521 g/mol. The summed E-state index contributed by atoms with van der Waals surface area (Å²) in [5.74, 6) is 0.519. The van der Waals surface area contributed by atoms with Crippen molar-refractivity contribution >= 4 is 52.2 Å². The molecular weight excluding hydrogens is 491 g/mol. The molecule has 0 spiro atoms. The molecule has 0 radical (unpaired) electrons. The monoisotopic (exact) mass is 520 g/mol. The van der Waals surface area contributed by atoms with E-state index in [0.29, 0.717) is 23.5 Å². The predicted molar refractivity (Wildman–Crippen MR) is 137 cm³/mol. The molecule has 11 heteroatoms. The fourth-order valence-corrected chi connectivity index (χ4v) is 3.69. The van der Waals surface area contributed by atoms with Crippen LogP contribution in [-0.2, 0) is 27.2 Å². The van der Waals surface area contributed by atoms with Gasteiger partial charge in [0.05, 0.1) is 5.70 Å². The zero-order chi connectivity index (χ0) is 26.3. The highest BCUT2D eigenvalue weighted by atomic mass is 35.5. The maximum Gasteiger partial charge on any atom is 0.224 e. The summed E-state index contributed by atoms with van der Waals surface area (Å²) in [7, 11) is 0. The lowest BCUT2D eigenvalue weighted by atomic mass is 10.0.